The zero-order valence-corrected chi connectivity index (χ0v) is 13.4. The SMILES string of the molecule is Cc1nccc([C@H]2CCCN(C(=O)c3ccc4n[nH]nc4c3)C2)n1. The topological polar surface area (TPSA) is 87.7 Å². The number of likely N-dealkylation sites (tertiary alicyclic amines) is 1. The zero-order valence-electron chi connectivity index (χ0n) is 13.4. The number of piperidine rings is 1. The Labute approximate surface area is 139 Å². The van der Waals surface area contributed by atoms with E-state index in [4.69, 9.17) is 0 Å². The molecule has 7 nitrogen and oxygen atoms in total. The van der Waals surface area contributed by atoms with Crippen molar-refractivity contribution in [3.05, 3.63) is 47.5 Å². The number of nitrogens with zero attached hydrogens (tertiary/aromatic N) is 5. The molecule has 1 atom stereocenters. The maximum atomic E-state index is 12.8. The van der Waals surface area contributed by atoms with E-state index in [1.165, 1.54) is 0 Å². The summed E-state index contributed by atoms with van der Waals surface area (Å²) in [4.78, 5) is 23.4. The third kappa shape index (κ3) is 2.73. The van der Waals surface area contributed by atoms with Gasteiger partial charge in [0, 0.05) is 36.5 Å². The lowest BCUT2D eigenvalue weighted by atomic mass is 9.94. The van der Waals surface area contributed by atoms with E-state index >= 15 is 0 Å². The summed E-state index contributed by atoms with van der Waals surface area (Å²) < 4.78 is 0. The molecule has 4 rings (SSSR count). The second-order valence-corrected chi connectivity index (χ2v) is 6.15. The number of aromatic nitrogens is 5. The van der Waals surface area contributed by atoms with Gasteiger partial charge in [0.05, 0.1) is 0 Å². The lowest BCUT2D eigenvalue weighted by Gasteiger charge is -2.32. The van der Waals surface area contributed by atoms with Crippen LogP contribution in [0.15, 0.2) is 30.5 Å². The van der Waals surface area contributed by atoms with Crippen molar-refractivity contribution in [3.63, 3.8) is 0 Å². The molecule has 1 N–H and O–H groups in total. The monoisotopic (exact) mass is 322 g/mol. The van der Waals surface area contributed by atoms with E-state index in [1.807, 2.05) is 30.0 Å². The van der Waals surface area contributed by atoms with E-state index in [2.05, 4.69) is 25.4 Å². The molecule has 0 saturated carbocycles. The fourth-order valence-electron chi connectivity index (χ4n) is 3.26. The van der Waals surface area contributed by atoms with Crippen LogP contribution in [0.1, 0.15) is 40.6 Å². The highest BCUT2D eigenvalue weighted by atomic mass is 16.2. The van der Waals surface area contributed by atoms with Gasteiger partial charge in [-0.3, -0.25) is 4.79 Å². The van der Waals surface area contributed by atoms with Gasteiger partial charge in [-0.15, -0.1) is 0 Å². The second-order valence-electron chi connectivity index (χ2n) is 6.15. The average Bonchev–Trinajstić information content (AvgIpc) is 3.09. The number of H-pyrrole nitrogens is 1. The summed E-state index contributed by atoms with van der Waals surface area (Å²) in [5, 5.41) is 10.6. The maximum Gasteiger partial charge on any atom is 0.253 e. The molecule has 1 amide bonds. The minimum absolute atomic E-state index is 0.0374. The highest BCUT2D eigenvalue weighted by Gasteiger charge is 2.26. The molecule has 0 spiro atoms. The molecule has 7 heteroatoms. The number of carbonyl (C=O) groups is 1. The van der Waals surface area contributed by atoms with Gasteiger partial charge < -0.3 is 4.90 Å². The predicted octanol–water partition coefficient (Wildman–Crippen LogP) is 2.08. The van der Waals surface area contributed by atoms with Crippen molar-refractivity contribution >= 4 is 16.9 Å². The third-order valence-electron chi connectivity index (χ3n) is 4.49. The van der Waals surface area contributed by atoms with Crippen LogP contribution in [0.5, 0.6) is 0 Å². The van der Waals surface area contributed by atoms with Crippen molar-refractivity contribution in [1.82, 2.24) is 30.3 Å². The molecule has 0 radical (unpaired) electrons. The lowest BCUT2D eigenvalue weighted by molar-refractivity contribution is 0.0706. The quantitative estimate of drug-likeness (QED) is 0.780. The van der Waals surface area contributed by atoms with Crippen molar-refractivity contribution in [3.8, 4) is 0 Å². The molecule has 1 aliphatic rings. The van der Waals surface area contributed by atoms with Crippen molar-refractivity contribution < 1.29 is 4.79 Å². The van der Waals surface area contributed by atoms with E-state index < -0.39 is 0 Å². The van der Waals surface area contributed by atoms with Gasteiger partial charge in [-0.2, -0.15) is 15.4 Å². The van der Waals surface area contributed by atoms with Gasteiger partial charge >= 0.3 is 0 Å². The van der Waals surface area contributed by atoms with Gasteiger partial charge in [0.15, 0.2) is 0 Å². The number of benzene rings is 1. The highest BCUT2D eigenvalue weighted by Crippen LogP contribution is 2.26. The number of fused-ring (bicyclic) bond motifs is 1. The van der Waals surface area contributed by atoms with Gasteiger partial charge in [0.1, 0.15) is 16.9 Å². The molecule has 1 aliphatic heterocycles. The van der Waals surface area contributed by atoms with Crippen molar-refractivity contribution in [2.45, 2.75) is 25.7 Å². The summed E-state index contributed by atoms with van der Waals surface area (Å²) in [6, 6.07) is 7.37. The number of aromatic amines is 1. The van der Waals surface area contributed by atoms with Crippen molar-refractivity contribution in [2.24, 2.45) is 0 Å². The van der Waals surface area contributed by atoms with Crippen LogP contribution in [0, 0.1) is 6.92 Å². The van der Waals surface area contributed by atoms with Crippen LogP contribution in [-0.2, 0) is 0 Å². The number of carbonyl (C=O) groups excluding carboxylic acids is 1. The molecule has 24 heavy (non-hydrogen) atoms. The molecule has 1 fully saturated rings. The number of hydrogen-bond donors (Lipinski definition) is 1. The fourth-order valence-corrected chi connectivity index (χ4v) is 3.26. The van der Waals surface area contributed by atoms with Crippen LogP contribution >= 0.6 is 0 Å². The Morgan fingerprint density at radius 3 is 3.00 bits per heavy atom. The number of rotatable bonds is 2. The average molecular weight is 322 g/mol. The molecule has 2 aromatic heterocycles. The van der Waals surface area contributed by atoms with Crippen molar-refractivity contribution in [1.29, 1.82) is 0 Å². The Morgan fingerprint density at radius 2 is 2.12 bits per heavy atom. The number of amides is 1. The molecule has 3 aromatic rings. The van der Waals surface area contributed by atoms with E-state index in [9.17, 15) is 4.79 Å². The normalized spacial score (nSPS) is 18.0. The van der Waals surface area contributed by atoms with Gasteiger partial charge in [-0.05, 0) is 44.0 Å². The minimum atomic E-state index is 0.0374. The second kappa shape index (κ2) is 5.99. The highest BCUT2D eigenvalue weighted by molar-refractivity contribution is 5.97. The van der Waals surface area contributed by atoms with E-state index in [0.29, 0.717) is 17.6 Å². The molecule has 3 heterocycles. The number of aryl methyl sites for hydroxylation is 1. The first-order chi connectivity index (χ1) is 11.7. The molecule has 1 saturated heterocycles. The lowest BCUT2D eigenvalue weighted by Crippen LogP contribution is -2.39. The summed E-state index contributed by atoms with van der Waals surface area (Å²) in [7, 11) is 0. The number of hydrogen-bond acceptors (Lipinski definition) is 5. The molecule has 1 aromatic carbocycles. The first kappa shape index (κ1) is 14.7. The summed E-state index contributed by atoms with van der Waals surface area (Å²) >= 11 is 0. The van der Waals surface area contributed by atoms with E-state index in [0.717, 1.165) is 36.4 Å². The molecule has 0 aliphatic carbocycles. The van der Waals surface area contributed by atoms with Crippen LogP contribution in [0.2, 0.25) is 0 Å². The number of nitrogens with one attached hydrogen (secondary N) is 1. The summed E-state index contributed by atoms with van der Waals surface area (Å²) in [5.41, 5.74) is 3.14. The molecule has 122 valence electrons. The van der Waals surface area contributed by atoms with Crippen LogP contribution in [-0.4, -0.2) is 49.3 Å². The first-order valence-corrected chi connectivity index (χ1v) is 8.10. The smallest absolute Gasteiger partial charge is 0.253 e. The largest absolute Gasteiger partial charge is 0.338 e. The Balaban J connectivity index is 1.55. The molecule has 0 unspecified atom stereocenters. The van der Waals surface area contributed by atoms with Crippen LogP contribution < -0.4 is 0 Å². The van der Waals surface area contributed by atoms with Gasteiger partial charge in [0.2, 0.25) is 0 Å². The van der Waals surface area contributed by atoms with Gasteiger partial charge in [0.25, 0.3) is 5.91 Å². The van der Waals surface area contributed by atoms with E-state index in [-0.39, 0.29) is 11.8 Å². The minimum Gasteiger partial charge on any atom is -0.338 e. The Hall–Kier alpha value is -2.83. The Bertz CT molecular complexity index is 889. The summed E-state index contributed by atoms with van der Waals surface area (Å²) in [6.07, 6.45) is 3.81. The first-order valence-electron chi connectivity index (χ1n) is 8.10. The Morgan fingerprint density at radius 1 is 1.25 bits per heavy atom. The van der Waals surface area contributed by atoms with Crippen molar-refractivity contribution in [2.75, 3.05) is 13.1 Å². The van der Waals surface area contributed by atoms with Crippen LogP contribution in [0.3, 0.4) is 0 Å². The van der Waals surface area contributed by atoms with E-state index in [1.54, 1.807) is 12.3 Å². The summed E-state index contributed by atoms with van der Waals surface area (Å²) in [6.45, 7) is 3.35. The molecule has 0 bridgehead atoms. The zero-order chi connectivity index (χ0) is 16.5. The summed E-state index contributed by atoms with van der Waals surface area (Å²) in [5.74, 6) is 1.07. The fraction of sp³-hybridized carbons (Fsp3) is 0.353. The molecular formula is C17H18N6O. The van der Waals surface area contributed by atoms with Gasteiger partial charge in [-0.1, -0.05) is 0 Å². The standard InChI is InChI=1S/C17H18N6O/c1-11-18-7-6-14(19-11)13-3-2-8-23(10-13)17(24)12-4-5-15-16(9-12)21-22-20-15/h4-7,9,13H,2-3,8,10H2,1H3,(H,20,21,22)/t13-/m0/s1. The maximum absolute atomic E-state index is 12.8. The van der Waals surface area contributed by atoms with Crippen LogP contribution in [0.25, 0.3) is 11.0 Å². The van der Waals surface area contributed by atoms with Crippen LogP contribution in [0.4, 0.5) is 0 Å². The predicted molar refractivity (Wildman–Crippen MR) is 88.5 cm³/mol. The molecular weight excluding hydrogens is 304 g/mol. The Kier molecular flexibility index (Phi) is 3.68. The third-order valence-corrected chi connectivity index (χ3v) is 4.49. The van der Waals surface area contributed by atoms with Gasteiger partial charge in [-0.25, -0.2) is 9.97 Å².